The predicted octanol–water partition coefficient (Wildman–Crippen LogP) is 3.84. The SMILES string of the molecule is CCNCc1c2c(nc3c(C)cc(C)cc13)CCCC2. The van der Waals surface area contributed by atoms with Gasteiger partial charge in [0.1, 0.15) is 0 Å². The number of aromatic nitrogens is 1. The minimum absolute atomic E-state index is 0.973. The van der Waals surface area contributed by atoms with Crippen LogP contribution in [0.5, 0.6) is 0 Å². The molecule has 106 valence electrons. The van der Waals surface area contributed by atoms with E-state index in [1.807, 2.05) is 0 Å². The van der Waals surface area contributed by atoms with Crippen molar-refractivity contribution in [2.45, 2.75) is 53.0 Å². The highest BCUT2D eigenvalue weighted by atomic mass is 14.8. The van der Waals surface area contributed by atoms with Crippen molar-refractivity contribution in [3.8, 4) is 0 Å². The molecule has 0 fully saturated rings. The molecule has 0 aliphatic heterocycles. The average Bonchev–Trinajstić information content (AvgIpc) is 2.44. The first-order chi connectivity index (χ1) is 9.70. The molecular weight excluding hydrogens is 244 g/mol. The third kappa shape index (κ3) is 2.33. The molecule has 0 spiro atoms. The molecule has 1 heterocycles. The smallest absolute Gasteiger partial charge is 0.0738 e. The largest absolute Gasteiger partial charge is 0.313 e. The van der Waals surface area contributed by atoms with E-state index in [-0.39, 0.29) is 0 Å². The summed E-state index contributed by atoms with van der Waals surface area (Å²) in [7, 11) is 0. The Labute approximate surface area is 121 Å². The molecule has 2 aromatic rings. The summed E-state index contributed by atoms with van der Waals surface area (Å²) in [6, 6.07) is 4.57. The standard InChI is InChI=1S/C18H24N2/c1-4-19-11-16-14-7-5-6-8-17(14)20-18-13(3)9-12(2)10-15(16)18/h9-10,19H,4-8,11H2,1-3H3. The quantitative estimate of drug-likeness (QED) is 0.915. The minimum atomic E-state index is 0.973. The second-order valence-corrected chi connectivity index (χ2v) is 5.98. The molecule has 0 saturated heterocycles. The van der Waals surface area contributed by atoms with Crippen LogP contribution in [0.3, 0.4) is 0 Å². The highest BCUT2D eigenvalue weighted by Gasteiger charge is 2.18. The number of benzene rings is 1. The summed E-state index contributed by atoms with van der Waals surface area (Å²) in [6.45, 7) is 8.54. The molecule has 0 atom stereocenters. The van der Waals surface area contributed by atoms with Crippen LogP contribution in [-0.4, -0.2) is 11.5 Å². The van der Waals surface area contributed by atoms with Crippen LogP contribution in [-0.2, 0) is 19.4 Å². The van der Waals surface area contributed by atoms with Gasteiger partial charge in [-0.3, -0.25) is 4.98 Å². The van der Waals surface area contributed by atoms with Crippen molar-refractivity contribution in [3.63, 3.8) is 0 Å². The van der Waals surface area contributed by atoms with Gasteiger partial charge in [0.05, 0.1) is 5.52 Å². The highest BCUT2D eigenvalue weighted by molar-refractivity contribution is 5.87. The Hall–Kier alpha value is -1.41. The Morgan fingerprint density at radius 1 is 1.15 bits per heavy atom. The number of rotatable bonds is 3. The summed E-state index contributed by atoms with van der Waals surface area (Å²) in [5.74, 6) is 0. The second-order valence-electron chi connectivity index (χ2n) is 5.98. The molecule has 1 aromatic heterocycles. The van der Waals surface area contributed by atoms with Crippen LogP contribution in [0, 0.1) is 13.8 Å². The maximum Gasteiger partial charge on any atom is 0.0738 e. The molecular formula is C18H24N2. The van der Waals surface area contributed by atoms with Crippen LogP contribution in [0.2, 0.25) is 0 Å². The third-order valence-electron chi connectivity index (χ3n) is 4.37. The molecule has 1 aliphatic rings. The summed E-state index contributed by atoms with van der Waals surface area (Å²) >= 11 is 0. The lowest BCUT2D eigenvalue weighted by Gasteiger charge is -2.22. The first kappa shape index (κ1) is 13.6. The summed E-state index contributed by atoms with van der Waals surface area (Å²) in [6.07, 6.45) is 4.95. The van der Waals surface area contributed by atoms with Crippen LogP contribution < -0.4 is 5.32 Å². The van der Waals surface area contributed by atoms with E-state index in [1.165, 1.54) is 58.1 Å². The maximum absolute atomic E-state index is 5.00. The van der Waals surface area contributed by atoms with Gasteiger partial charge in [0, 0.05) is 17.6 Å². The molecule has 1 aromatic carbocycles. The molecule has 0 radical (unpaired) electrons. The lowest BCUT2D eigenvalue weighted by atomic mass is 9.88. The van der Waals surface area contributed by atoms with E-state index in [1.54, 1.807) is 0 Å². The second kappa shape index (κ2) is 5.53. The molecule has 0 amide bonds. The zero-order valence-corrected chi connectivity index (χ0v) is 12.8. The van der Waals surface area contributed by atoms with Gasteiger partial charge in [-0.1, -0.05) is 18.6 Å². The molecule has 1 aliphatic carbocycles. The number of hydrogen-bond donors (Lipinski definition) is 1. The first-order valence-electron chi connectivity index (χ1n) is 7.83. The van der Waals surface area contributed by atoms with E-state index >= 15 is 0 Å². The van der Waals surface area contributed by atoms with Crippen LogP contribution in [0.15, 0.2) is 12.1 Å². The van der Waals surface area contributed by atoms with Gasteiger partial charge in [-0.2, -0.15) is 0 Å². The highest BCUT2D eigenvalue weighted by Crippen LogP contribution is 2.31. The normalized spacial score (nSPS) is 14.6. The van der Waals surface area contributed by atoms with E-state index in [9.17, 15) is 0 Å². The monoisotopic (exact) mass is 268 g/mol. The van der Waals surface area contributed by atoms with Crippen LogP contribution in [0.4, 0.5) is 0 Å². The number of nitrogens with one attached hydrogen (secondary N) is 1. The Kier molecular flexibility index (Phi) is 3.75. The molecule has 0 unspecified atom stereocenters. The van der Waals surface area contributed by atoms with Gasteiger partial charge in [-0.15, -0.1) is 0 Å². The summed E-state index contributed by atoms with van der Waals surface area (Å²) < 4.78 is 0. The minimum Gasteiger partial charge on any atom is -0.313 e. The average molecular weight is 268 g/mol. The first-order valence-corrected chi connectivity index (χ1v) is 7.83. The molecule has 3 rings (SSSR count). The molecule has 0 saturated carbocycles. The Morgan fingerprint density at radius 3 is 2.75 bits per heavy atom. The zero-order chi connectivity index (χ0) is 14.1. The summed E-state index contributed by atoms with van der Waals surface area (Å²) in [5.41, 5.74) is 8.23. The van der Waals surface area contributed by atoms with Crippen molar-refractivity contribution in [1.82, 2.24) is 10.3 Å². The summed E-state index contributed by atoms with van der Waals surface area (Å²) in [4.78, 5) is 5.00. The fourth-order valence-corrected chi connectivity index (χ4v) is 3.43. The van der Waals surface area contributed by atoms with E-state index in [0.29, 0.717) is 0 Å². The lowest BCUT2D eigenvalue weighted by Crippen LogP contribution is -2.17. The van der Waals surface area contributed by atoms with Crippen molar-refractivity contribution < 1.29 is 0 Å². The molecule has 2 nitrogen and oxygen atoms in total. The van der Waals surface area contributed by atoms with E-state index in [2.05, 4.69) is 38.2 Å². The number of aryl methyl sites for hydroxylation is 3. The Balaban J connectivity index is 2.27. The number of fused-ring (bicyclic) bond motifs is 2. The van der Waals surface area contributed by atoms with Gasteiger partial charge in [-0.05, 0) is 68.8 Å². The molecule has 0 bridgehead atoms. The Bertz CT molecular complexity index is 644. The fourth-order valence-electron chi connectivity index (χ4n) is 3.43. The van der Waals surface area contributed by atoms with Crippen molar-refractivity contribution >= 4 is 10.9 Å². The van der Waals surface area contributed by atoms with Gasteiger partial charge < -0.3 is 5.32 Å². The Morgan fingerprint density at radius 2 is 1.95 bits per heavy atom. The summed E-state index contributed by atoms with van der Waals surface area (Å²) in [5, 5.41) is 4.88. The maximum atomic E-state index is 5.00. The van der Waals surface area contributed by atoms with Crippen LogP contribution in [0.25, 0.3) is 10.9 Å². The van der Waals surface area contributed by atoms with Crippen LogP contribution >= 0.6 is 0 Å². The van der Waals surface area contributed by atoms with E-state index in [0.717, 1.165) is 19.5 Å². The van der Waals surface area contributed by atoms with Gasteiger partial charge in [-0.25, -0.2) is 0 Å². The molecule has 1 N–H and O–H groups in total. The van der Waals surface area contributed by atoms with Crippen molar-refractivity contribution in [1.29, 1.82) is 0 Å². The van der Waals surface area contributed by atoms with E-state index < -0.39 is 0 Å². The van der Waals surface area contributed by atoms with E-state index in [4.69, 9.17) is 4.98 Å². The van der Waals surface area contributed by atoms with Crippen molar-refractivity contribution in [2.75, 3.05) is 6.54 Å². The van der Waals surface area contributed by atoms with Crippen molar-refractivity contribution in [2.24, 2.45) is 0 Å². The number of nitrogens with zero attached hydrogens (tertiary/aromatic N) is 1. The van der Waals surface area contributed by atoms with Gasteiger partial charge in [0.15, 0.2) is 0 Å². The molecule has 20 heavy (non-hydrogen) atoms. The molecule has 2 heteroatoms. The lowest BCUT2D eigenvalue weighted by molar-refractivity contribution is 0.651. The number of pyridine rings is 1. The predicted molar refractivity (Wildman–Crippen MR) is 85.2 cm³/mol. The zero-order valence-electron chi connectivity index (χ0n) is 12.8. The fraction of sp³-hybridized carbons (Fsp3) is 0.500. The third-order valence-corrected chi connectivity index (χ3v) is 4.37. The number of hydrogen-bond acceptors (Lipinski definition) is 2. The van der Waals surface area contributed by atoms with Gasteiger partial charge >= 0.3 is 0 Å². The van der Waals surface area contributed by atoms with Gasteiger partial charge in [0.2, 0.25) is 0 Å². The van der Waals surface area contributed by atoms with Gasteiger partial charge in [0.25, 0.3) is 0 Å². The topological polar surface area (TPSA) is 24.9 Å². The van der Waals surface area contributed by atoms with Crippen molar-refractivity contribution in [3.05, 3.63) is 40.1 Å². The van der Waals surface area contributed by atoms with Crippen LogP contribution in [0.1, 0.15) is 47.7 Å².